The van der Waals surface area contributed by atoms with Crippen LogP contribution in [-0.2, 0) is 0 Å². The molecule has 0 spiro atoms. The van der Waals surface area contributed by atoms with Crippen molar-refractivity contribution in [3.05, 3.63) is 11.9 Å². The standard InChI is InChI=1S/C12H21N5O2/c18-9-10-4-1-2-6-17(10)7-3-5-13-12(19)11-8-14-16-15-11/h8,10,18H,1-7,9H2,(H,13,19)(H,14,15,16)/t10-/m1/s1. The third-order valence-corrected chi connectivity index (χ3v) is 3.52. The van der Waals surface area contributed by atoms with Gasteiger partial charge >= 0.3 is 0 Å². The van der Waals surface area contributed by atoms with E-state index in [1.165, 1.54) is 19.0 Å². The highest BCUT2D eigenvalue weighted by atomic mass is 16.3. The molecule has 0 saturated carbocycles. The average Bonchev–Trinajstić information content (AvgIpc) is 2.98. The summed E-state index contributed by atoms with van der Waals surface area (Å²) in [7, 11) is 0. The number of piperidine rings is 1. The zero-order chi connectivity index (χ0) is 13.5. The molecule has 0 radical (unpaired) electrons. The molecule has 0 aliphatic carbocycles. The zero-order valence-corrected chi connectivity index (χ0v) is 11.0. The number of rotatable bonds is 6. The number of carbonyl (C=O) groups excluding carboxylic acids is 1. The molecule has 1 aromatic rings. The molecular weight excluding hydrogens is 246 g/mol. The van der Waals surface area contributed by atoms with E-state index < -0.39 is 0 Å². The molecule has 2 heterocycles. The molecule has 19 heavy (non-hydrogen) atoms. The Morgan fingerprint density at radius 2 is 2.47 bits per heavy atom. The predicted molar refractivity (Wildman–Crippen MR) is 69.6 cm³/mol. The molecule has 1 fully saturated rings. The van der Waals surface area contributed by atoms with Gasteiger partial charge in [0.25, 0.3) is 5.91 Å². The minimum absolute atomic E-state index is 0.203. The SMILES string of the molecule is O=C(NCCCN1CCCC[C@@H]1CO)c1cn[nH]n1. The minimum Gasteiger partial charge on any atom is -0.395 e. The highest BCUT2D eigenvalue weighted by Crippen LogP contribution is 2.16. The Labute approximate surface area is 112 Å². The van der Waals surface area contributed by atoms with E-state index >= 15 is 0 Å². The molecule has 106 valence electrons. The number of aliphatic hydroxyl groups is 1. The van der Waals surface area contributed by atoms with Crippen LogP contribution in [0.5, 0.6) is 0 Å². The van der Waals surface area contributed by atoms with E-state index in [4.69, 9.17) is 0 Å². The minimum atomic E-state index is -0.203. The Balaban J connectivity index is 1.64. The third kappa shape index (κ3) is 4.00. The molecule has 0 aromatic carbocycles. The molecule has 0 unspecified atom stereocenters. The molecule has 1 saturated heterocycles. The zero-order valence-electron chi connectivity index (χ0n) is 11.0. The maximum Gasteiger partial charge on any atom is 0.273 e. The van der Waals surface area contributed by atoms with Crippen molar-refractivity contribution in [3.63, 3.8) is 0 Å². The van der Waals surface area contributed by atoms with Crippen LogP contribution >= 0.6 is 0 Å². The number of carbonyl (C=O) groups is 1. The molecule has 0 bridgehead atoms. The number of hydrogen-bond acceptors (Lipinski definition) is 5. The maximum atomic E-state index is 11.6. The van der Waals surface area contributed by atoms with Crippen molar-refractivity contribution in [3.8, 4) is 0 Å². The molecule has 7 heteroatoms. The summed E-state index contributed by atoms with van der Waals surface area (Å²) in [6.45, 7) is 2.79. The lowest BCUT2D eigenvalue weighted by Crippen LogP contribution is -2.43. The van der Waals surface area contributed by atoms with Crippen LogP contribution in [0.4, 0.5) is 0 Å². The highest BCUT2D eigenvalue weighted by Gasteiger charge is 2.20. The Morgan fingerprint density at radius 3 is 3.21 bits per heavy atom. The average molecular weight is 267 g/mol. The van der Waals surface area contributed by atoms with Crippen molar-refractivity contribution in [1.29, 1.82) is 0 Å². The fraction of sp³-hybridized carbons (Fsp3) is 0.750. The van der Waals surface area contributed by atoms with Gasteiger partial charge in [-0.25, -0.2) is 0 Å². The first-order valence-corrected chi connectivity index (χ1v) is 6.80. The summed E-state index contributed by atoms with van der Waals surface area (Å²) < 4.78 is 0. The van der Waals surface area contributed by atoms with Gasteiger partial charge in [0.05, 0.1) is 12.8 Å². The molecule has 7 nitrogen and oxygen atoms in total. The monoisotopic (exact) mass is 267 g/mol. The number of aliphatic hydroxyl groups excluding tert-OH is 1. The molecule has 1 aliphatic rings. The number of nitrogens with one attached hydrogen (secondary N) is 2. The second kappa shape index (κ2) is 7.20. The topological polar surface area (TPSA) is 94.1 Å². The fourth-order valence-electron chi connectivity index (χ4n) is 2.45. The van der Waals surface area contributed by atoms with Crippen LogP contribution in [0.15, 0.2) is 6.20 Å². The summed E-state index contributed by atoms with van der Waals surface area (Å²) in [5.41, 5.74) is 0.311. The van der Waals surface area contributed by atoms with Gasteiger partial charge in [0.1, 0.15) is 0 Å². The number of H-pyrrole nitrogens is 1. The third-order valence-electron chi connectivity index (χ3n) is 3.52. The number of hydrogen-bond donors (Lipinski definition) is 3. The fourth-order valence-corrected chi connectivity index (χ4v) is 2.45. The van der Waals surface area contributed by atoms with Gasteiger partial charge in [-0.05, 0) is 25.8 Å². The predicted octanol–water partition coefficient (Wildman–Crippen LogP) is -0.229. The summed E-state index contributed by atoms with van der Waals surface area (Å²) in [6.07, 6.45) is 5.75. The lowest BCUT2D eigenvalue weighted by Gasteiger charge is -2.34. The Bertz CT molecular complexity index is 381. The van der Waals surface area contributed by atoms with E-state index in [9.17, 15) is 9.90 Å². The summed E-state index contributed by atoms with van der Waals surface area (Å²) >= 11 is 0. The molecular formula is C12H21N5O2. The first kappa shape index (κ1) is 14.0. The van der Waals surface area contributed by atoms with E-state index in [0.717, 1.165) is 25.9 Å². The van der Waals surface area contributed by atoms with Gasteiger partial charge in [0, 0.05) is 19.1 Å². The summed E-state index contributed by atoms with van der Waals surface area (Å²) in [5, 5.41) is 21.8. The van der Waals surface area contributed by atoms with Gasteiger partial charge < -0.3 is 10.4 Å². The lowest BCUT2D eigenvalue weighted by atomic mass is 10.0. The molecule has 1 aliphatic heterocycles. The van der Waals surface area contributed by atoms with Crippen LogP contribution in [0.25, 0.3) is 0 Å². The molecule has 1 atom stereocenters. The van der Waals surface area contributed by atoms with E-state index in [2.05, 4.69) is 25.6 Å². The number of amides is 1. The van der Waals surface area contributed by atoms with E-state index in [1.54, 1.807) is 0 Å². The van der Waals surface area contributed by atoms with Gasteiger partial charge in [-0.3, -0.25) is 9.69 Å². The Kier molecular flexibility index (Phi) is 5.29. The van der Waals surface area contributed by atoms with Crippen LogP contribution in [0.3, 0.4) is 0 Å². The number of aromatic amines is 1. The Hall–Kier alpha value is -1.47. The first-order chi connectivity index (χ1) is 9.31. The lowest BCUT2D eigenvalue weighted by molar-refractivity contribution is 0.0867. The van der Waals surface area contributed by atoms with Crippen molar-refractivity contribution in [1.82, 2.24) is 25.6 Å². The molecule has 2 rings (SSSR count). The largest absolute Gasteiger partial charge is 0.395 e. The van der Waals surface area contributed by atoms with Gasteiger partial charge in [0.2, 0.25) is 0 Å². The van der Waals surface area contributed by atoms with E-state index in [-0.39, 0.29) is 12.5 Å². The summed E-state index contributed by atoms with van der Waals surface area (Å²) in [6, 6.07) is 0.292. The summed E-state index contributed by atoms with van der Waals surface area (Å²) in [5.74, 6) is -0.203. The van der Waals surface area contributed by atoms with Crippen LogP contribution in [0.2, 0.25) is 0 Å². The van der Waals surface area contributed by atoms with Gasteiger partial charge in [-0.1, -0.05) is 6.42 Å². The van der Waals surface area contributed by atoms with Crippen LogP contribution in [0, 0.1) is 0 Å². The second-order valence-electron chi connectivity index (χ2n) is 4.83. The maximum absolute atomic E-state index is 11.6. The van der Waals surface area contributed by atoms with Crippen molar-refractivity contribution >= 4 is 5.91 Å². The molecule has 1 aromatic heterocycles. The van der Waals surface area contributed by atoms with E-state index in [0.29, 0.717) is 18.3 Å². The van der Waals surface area contributed by atoms with Crippen molar-refractivity contribution in [2.24, 2.45) is 0 Å². The van der Waals surface area contributed by atoms with Crippen LogP contribution in [-0.4, -0.2) is 63.6 Å². The molecule has 3 N–H and O–H groups in total. The van der Waals surface area contributed by atoms with Crippen molar-refractivity contribution < 1.29 is 9.90 Å². The van der Waals surface area contributed by atoms with Crippen molar-refractivity contribution in [2.45, 2.75) is 31.7 Å². The number of nitrogens with zero attached hydrogens (tertiary/aromatic N) is 3. The smallest absolute Gasteiger partial charge is 0.273 e. The van der Waals surface area contributed by atoms with Gasteiger partial charge in [0.15, 0.2) is 5.69 Å². The van der Waals surface area contributed by atoms with Gasteiger partial charge in [-0.2, -0.15) is 15.4 Å². The number of aromatic nitrogens is 3. The Morgan fingerprint density at radius 1 is 1.58 bits per heavy atom. The quantitative estimate of drug-likeness (QED) is 0.619. The number of likely N-dealkylation sites (tertiary alicyclic amines) is 1. The summed E-state index contributed by atoms with van der Waals surface area (Å²) in [4.78, 5) is 13.9. The molecule has 1 amide bonds. The highest BCUT2D eigenvalue weighted by molar-refractivity contribution is 5.91. The second-order valence-corrected chi connectivity index (χ2v) is 4.83. The first-order valence-electron chi connectivity index (χ1n) is 6.80. The normalized spacial score (nSPS) is 20.4. The van der Waals surface area contributed by atoms with Crippen LogP contribution in [0.1, 0.15) is 36.2 Å². The van der Waals surface area contributed by atoms with Crippen LogP contribution < -0.4 is 5.32 Å². The van der Waals surface area contributed by atoms with E-state index in [1.807, 2.05) is 0 Å². The van der Waals surface area contributed by atoms with Crippen molar-refractivity contribution in [2.75, 3.05) is 26.2 Å². The van der Waals surface area contributed by atoms with Gasteiger partial charge in [-0.15, -0.1) is 0 Å².